The van der Waals surface area contributed by atoms with Gasteiger partial charge in [0.15, 0.2) is 6.23 Å². The highest BCUT2D eigenvalue weighted by molar-refractivity contribution is 5.94. The van der Waals surface area contributed by atoms with Crippen molar-refractivity contribution in [3.8, 4) is 0 Å². The molecule has 0 aromatic heterocycles. The van der Waals surface area contributed by atoms with Crippen LogP contribution in [-0.2, 0) is 0 Å². The fraction of sp³-hybridized carbons (Fsp3) is 0.182. The summed E-state index contributed by atoms with van der Waals surface area (Å²) in [4.78, 5) is 14.5. The van der Waals surface area contributed by atoms with Crippen LogP contribution in [0, 0.1) is 0 Å². The number of carbonyl (C=O) groups excluding carboxylic acids is 1. The van der Waals surface area contributed by atoms with Crippen molar-refractivity contribution in [2.45, 2.75) is 6.23 Å². The van der Waals surface area contributed by atoms with Crippen LogP contribution in [-0.4, -0.2) is 29.3 Å². The van der Waals surface area contributed by atoms with Crippen molar-refractivity contribution in [2.24, 2.45) is 0 Å². The zero-order chi connectivity index (χ0) is 10.8. The molecule has 0 saturated heterocycles. The number of aliphatic hydroxyl groups excluding tert-OH is 1. The Morgan fingerprint density at radius 3 is 2.60 bits per heavy atom. The molecular formula is C11H12N2O2. The molecule has 2 amide bonds. The van der Waals surface area contributed by atoms with E-state index in [1.807, 2.05) is 30.3 Å². The molecule has 1 heterocycles. The lowest BCUT2D eigenvalue weighted by Gasteiger charge is -2.31. The number of para-hydroxylation sites is 1. The fourth-order valence-electron chi connectivity index (χ4n) is 1.42. The molecule has 1 aromatic rings. The van der Waals surface area contributed by atoms with Gasteiger partial charge in [0.2, 0.25) is 0 Å². The zero-order valence-corrected chi connectivity index (χ0v) is 8.37. The van der Waals surface area contributed by atoms with Gasteiger partial charge >= 0.3 is 6.03 Å². The van der Waals surface area contributed by atoms with Gasteiger partial charge < -0.3 is 5.11 Å². The predicted octanol–water partition coefficient (Wildman–Crippen LogP) is 1.39. The Balaban J connectivity index is 2.32. The molecule has 4 nitrogen and oxygen atoms in total. The maximum atomic E-state index is 11.8. The number of likely N-dealkylation sites (N-methyl/N-ethyl adjacent to an activating group) is 1. The topological polar surface area (TPSA) is 43.8 Å². The quantitative estimate of drug-likeness (QED) is 0.751. The third-order valence-corrected chi connectivity index (χ3v) is 2.35. The molecule has 1 aliphatic heterocycles. The first-order valence-corrected chi connectivity index (χ1v) is 4.67. The Bertz CT molecular complexity index is 389. The Labute approximate surface area is 88.0 Å². The SMILES string of the molecule is CN1C(=O)N(c2ccccc2)C=CC1O. The summed E-state index contributed by atoms with van der Waals surface area (Å²) in [6, 6.07) is 9.06. The van der Waals surface area contributed by atoms with Crippen molar-refractivity contribution < 1.29 is 9.90 Å². The third-order valence-electron chi connectivity index (χ3n) is 2.35. The first kappa shape index (κ1) is 9.73. The summed E-state index contributed by atoms with van der Waals surface area (Å²) in [6.07, 6.45) is 2.31. The number of hydrogen-bond donors (Lipinski definition) is 1. The smallest absolute Gasteiger partial charge is 0.330 e. The minimum Gasteiger partial charge on any atom is -0.370 e. The maximum absolute atomic E-state index is 11.8. The second-order valence-electron chi connectivity index (χ2n) is 3.35. The van der Waals surface area contributed by atoms with Gasteiger partial charge in [0.1, 0.15) is 0 Å². The van der Waals surface area contributed by atoms with E-state index in [1.54, 1.807) is 19.3 Å². The second kappa shape index (κ2) is 3.74. The number of carbonyl (C=O) groups is 1. The largest absolute Gasteiger partial charge is 0.370 e. The van der Waals surface area contributed by atoms with E-state index in [9.17, 15) is 9.90 Å². The van der Waals surface area contributed by atoms with E-state index in [2.05, 4.69) is 0 Å². The Morgan fingerprint density at radius 1 is 1.27 bits per heavy atom. The summed E-state index contributed by atoms with van der Waals surface area (Å²) in [5.41, 5.74) is 0.789. The summed E-state index contributed by atoms with van der Waals surface area (Å²) in [7, 11) is 1.56. The third kappa shape index (κ3) is 1.71. The van der Waals surface area contributed by atoms with Gasteiger partial charge in [-0.2, -0.15) is 0 Å². The first-order valence-electron chi connectivity index (χ1n) is 4.67. The highest BCUT2D eigenvalue weighted by atomic mass is 16.3. The van der Waals surface area contributed by atoms with Crippen LogP contribution >= 0.6 is 0 Å². The summed E-state index contributed by atoms with van der Waals surface area (Å²) in [5.74, 6) is 0. The monoisotopic (exact) mass is 204 g/mol. The number of amides is 2. The lowest BCUT2D eigenvalue weighted by molar-refractivity contribution is 0.0838. The molecule has 0 fully saturated rings. The summed E-state index contributed by atoms with van der Waals surface area (Å²) >= 11 is 0. The van der Waals surface area contributed by atoms with Crippen molar-refractivity contribution in [3.05, 3.63) is 42.6 Å². The molecule has 15 heavy (non-hydrogen) atoms. The van der Waals surface area contributed by atoms with Gasteiger partial charge in [-0.15, -0.1) is 0 Å². The molecule has 0 aliphatic carbocycles. The molecule has 1 unspecified atom stereocenters. The molecule has 4 heteroatoms. The number of anilines is 1. The summed E-state index contributed by atoms with van der Waals surface area (Å²) in [6.45, 7) is 0. The Hall–Kier alpha value is -1.81. The molecule has 1 atom stereocenters. The zero-order valence-electron chi connectivity index (χ0n) is 8.37. The van der Waals surface area contributed by atoms with Gasteiger partial charge in [0.25, 0.3) is 0 Å². The van der Waals surface area contributed by atoms with Crippen molar-refractivity contribution >= 4 is 11.7 Å². The number of rotatable bonds is 1. The van der Waals surface area contributed by atoms with Crippen molar-refractivity contribution in [1.82, 2.24) is 4.90 Å². The fourth-order valence-corrected chi connectivity index (χ4v) is 1.42. The minimum atomic E-state index is -0.836. The van der Waals surface area contributed by atoms with Gasteiger partial charge in [-0.3, -0.25) is 9.80 Å². The number of urea groups is 1. The maximum Gasteiger partial charge on any atom is 0.330 e. The highest BCUT2D eigenvalue weighted by Crippen LogP contribution is 2.19. The van der Waals surface area contributed by atoms with E-state index in [0.29, 0.717) is 0 Å². The molecule has 1 N–H and O–H groups in total. The summed E-state index contributed by atoms with van der Waals surface area (Å²) < 4.78 is 0. The average Bonchev–Trinajstić information content (AvgIpc) is 2.27. The van der Waals surface area contributed by atoms with E-state index >= 15 is 0 Å². The van der Waals surface area contributed by atoms with E-state index in [1.165, 1.54) is 9.80 Å². The van der Waals surface area contributed by atoms with Gasteiger partial charge in [-0.1, -0.05) is 18.2 Å². The number of hydrogen-bond acceptors (Lipinski definition) is 2. The van der Waals surface area contributed by atoms with E-state index in [-0.39, 0.29) is 6.03 Å². The lowest BCUT2D eigenvalue weighted by Crippen LogP contribution is -2.46. The standard InChI is InChI=1S/C11H12N2O2/c1-12-10(14)7-8-13(11(12)15)9-5-3-2-4-6-9/h2-8,10,14H,1H3. The number of nitrogens with zero attached hydrogens (tertiary/aromatic N) is 2. The van der Waals surface area contributed by atoms with Crippen molar-refractivity contribution in [2.75, 3.05) is 11.9 Å². The molecule has 78 valence electrons. The molecule has 2 rings (SSSR count). The van der Waals surface area contributed by atoms with E-state index in [0.717, 1.165) is 5.69 Å². The van der Waals surface area contributed by atoms with Crippen LogP contribution in [0.3, 0.4) is 0 Å². The van der Waals surface area contributed by atoms with Crippen molar-refractivity contribution in [1.29, 1.82) is 0 Å². The Morgan fingerprint density at radius 2 is 1.93 bits per heavy atom. The molecule has 0 spiro atoms. The van der Waals surface area contributed by atoms with Crippen LogP contribution in [0.4, 0.5) is 10.5 Å². The van der Waals surface area contributed by atoms with Crippen LogP contribution in [0.2, 0.25) is 0 Å². The van der Waals surface area contributed by atoms with Crippen LogP contribution in [0.25, 0.3) is 0 Å². The van der Waals surface area contributed by atoms with E-state index in [4.69, 9.17) is 0 Å². The number of aliphatic hydroxyl groups is 1. The minimum absolute atomic E-state index is 0.240. The van der Waals surface area contributed by atoms with Crippen LogP contribution in [0.1, 0.15) is 0 Å². The average molecular weight is 204 g/mol. The normalized spacial score (nSPS) is 20.9. The Kier molecular flexibility index (Phi) is 2.43. The highest BCUT2D eigenvalue weighted by Gasteiger charge is 2.25. The summed E-state index contributed by atoms with van der Waals surface area (Å²) in [5, 5.41) is 9.40. The molecule has 1 aliphatic rings. The predicted molar refractivity (Wildman–Crippen MR) is 57.2 cm³/mol. The molecule has 1 aromatic carbocycles. The van der Waals surface area contributed by atoms with Crippen LogP contribution < -0.4 is 4.90 Å². The first-order chi connectivity index (χ1) is 7.20. The molecule has 0 bridgehead atoms. The van der Waals surface area contributed by atoms with Crippen LogP contribution in [0.15, 0.2) is 42.6 Å². The number of benzene rings is 1. The van der Waals surface area contributed by atoms with Crippen LogP contribution in [0.5, 0.6) is 0 Å². The second-order valence-corrected chi connectivity index (χ2v) is 3.35. The molecular weight excluding hydrogens is 192 g/mol. The van der Waals surface area contributed by atoms with Gasteiger partial charge in [0.05, 0.1) is 5.69 Å². The van der Waals surface area contributed by atoms with Gasteiger partial charge in [0, 0.05) is 13.2 Å². The van der Waals surface area contributed by atoms with Crippen molar-refractivity contribution in [3.63, 3.8) is 0 Å². The molecule has 0 radical (unpaired) electrons. The lowest BCUT2D eigenvalue weighted by atomic mass is 10.3. The van der Waals surface area contributed by atoms with Gasteiger partial charge in [-0.05, 0) is 18.2 Å². The van der Waals surface area contributed by atoms with Gasteiger partial charge in [-0.25, -0.2) is 4.79 Å². The molecule has 0 saturated carbocycles. The van der Waals surface area contributed by atoms with E-state index < -0.39 is 6.23 Å².